The average molecular weight is 188 g/mol. The highest BCUT2D eigenvalue weighted by Crippen LogP contribution is 2.19. The summed E-state index contributed by atoms with van der Waals surface area (Å²) < 4.78 is 0. The zero-order chi connectivity index (χ0) is 10.6. The summed E-state index contributed by atoms with van der Waals surface area (Å²) >= 11 is 0. The molecule has 14 heavy (non-hydrogen) atoms. The van der Waals surface area contributed by atoms with Gasteiger partial charge in [-0.05, 0) is 19.1 Å². The van der Waals surface area contributed by atoms with Crippen molar-refractivity contribution < 1.29 is 4.79 Å². The van der Waals surface area contributed by atoms with Crippen molar-refractivity contribution in [2.45, 2.75) is 13.8 Å². The molecule has 0 spiro atoms. The van der Waals surface area contributed by atoms with Crippen molar-refractivity contribution in [3.63, 3.8) is 0 Å². The Kier molecular flexibility index (Phi) is 3.24. The first kappa shape index (κ1) is 10.3. The lowest BCUT2D eigenvalue weighted by Gasteiger charge is -2.19. The molecule has 0 heterocycles. The molecule has 0 radical (unpaired) electrons. The van der Waals surface area contributed by atoms with Crippen molar-refractivity contribution in [1.82, 2.24) is 0 Å². The predicted molar refractivity (Wildman–Crippen MR) is 54.9 cm³/mol. The van der Waals surface area contributed by atoms with Gasteiger partial charge in [-0.1, -0.05) is 12.1 Å². The molecule has 0 unspecified atom stereocenters. The minimum absolute atomic E-state index is 0.0461. The second-order valence-electron chi connectivity index (χ2n) is 2.89. The molecule has 0 aromatic heterocycles. The molecule has 1 amide bonds. The second kappa shape index (κ2) is 4.43. The summed E-state index contributed by atoms with van der Waals surface area (Å²) in [4.78, 5) is 12.8. The summed E-state index contributed by atoms with van der Waals surface area (Å²) in [6.07, 6.45) is 0. The van der Waals surface area contributed by atoms with Gasteiger partial charge in [0.15, 0.2) is 0 Å². The third-order valence-electron chi connectivity index (χ3n) is 2.01. The van der Waals surface area contributed by atoms with E-state index in [-0.39, 0.29) is 5.91 Å². The zero-order valence-electron chi connectivity index (χ0n) is 8.32. The molecule has 0 aliphatic rings. The number of carbonyl (C=O) groups is 1. The van der Waals surface area contributed by atoms with E-state index >= 15 is 0 Å². The number of nitriles is 1. The Morgan fingerprint density at radius 3 is 2.64 bits per heavy atom. The Balaban J connectivity index is 3.17. The highest BCUT2D eigenvalue weighted by Gasteiger charge is 2.12. The molecule has 3 nitrogen and oxygen atoms in total. The first-order valence-electron chi connectivity index (χ1n) is 4.48. The molecule has 0 saturated carbocycles. The molecular weight excluding hydrogens is 176 g/mol. The number of hydrogen-bond acceptors (Lipinski definition) is 2. The Morgan fingerprint density at radius 1 is 1.50 bits per heavy atom. The first-order chi connectivity index (χ1) is 6.70. The number of hydrogen-bond donors (Lipinski definition) is 0. The van der Waals surface area contributed by atoms with Crippen LogP contribution in [0.4, 0.5) is 5.69 Å². The Labute approximate surface area is 83.6 Å². The van der Waals surface area contributed by atoms with Crippen LogP contribution in [0.5, 0.6) is 0 Å². The van der Waals surface area contributed by atoms with Crippen LogP contribution in [0.1, 0.15) is 19.4 Å². The quantitative estimate of drug-likeness (QED) is 0.711. The van der Waals surface area contributed by atoms with E-state index in [1.807, 2.05) is 13.0 Å². The normalized spacial score (nSPS) is 9.21. The number of rotatable bonds is 2. The van der Waals surface area contributed by atoms with E-state index in [1.54, 1.807) is 23.1 Å². The minimum atomic E-state index is -0.0461. The Morgan fingerprint density at radius 2 is 2.14 bits per heavy atom. The van der Waals surface area contributed by atoms with E-state index in [9.17, 15) is 4.79 Å². The molecule has 0 aliphatic heterocycles. The highest BCUT2D eigenvalue weighted by molar-refractivity contribution is 5.92. The third kappa shape index (κ3) is 1.91. The summed E-state index contributed by atoms with van der Waals surface area (Å²) in [5.41, 5.74) is 1.22. The van der Waals surface area contributed by atoms with E-state index in [1.165, 1.54) is 6.92 Å². The van der Waals surface area contributed by atoms with E-state index in [2.05, 4.69) is 6.07 Å². The standard InChI is InChI=1S/C11H12N2O/c1-3-13(9(2)14)11-7-5-4-6-10(11)8-12/h4-7H,3H2,1-2H3. The summed E-state index contributed by atoms with van der Waals surface area (Å²) in [7, 11) is 0. The first-order valence-corrected chi connectivity index (χ1v) is 4.48. The molecule has 0 aliphatic carbocycles. The molecular formula is C11H12N2O. The van der Waals surface area contributed by atoms with Gasteiger partial charge in [0.25, 0.3) is 0 Å². The number of amides is 1. The summed E-state index contributed by atoms with van der Waals surface area (Å²) in [5, 5.41) is 8.86. The largest absolute Gasteiger partial charge is 0.312 e. The van der Waals surface area contributed by atoms with Gasteiger partial charge in [0.05, 0.1) is 11.3 Å². The molecule has 3 heteroatoms. The van der Waals surface area contributed by atoms with Crippen LogP contribution in [-0.4, -0.2) is 12.5 Å². The molecule has 1 rings (SSSR count). The lowest BCUT2D eigenvalue weighted by molar-refractivity contribution is -0.116. The molecule has 0 N–H and O–H groups in total. The fourth-order valence-corrected chi connectivity index (χ4v) is 1.37. The van der Waals surface area contributed by atoms with Gasteiger partial charge in [-0.3, -0.25) is 4.79 Å². The molecule has 0 fully saturated rings. The molecule has 1 aromatic rings. The van der Waals surface area contributed by atoms with E-state index < -0.39 is 0 Å². The van der Waals surface area contributed by atoms with Crippen molar-refractivity contribution >= 4 is 11.6 Å². The van der Waals surface area contributed by atoms with Crippen LogP contribution in [0.2, 0.25) is 0 Å². The third-order valence-corrected chi connectivity index (χ3v) is 2.01. The van der Waals surface area contributed by atoms with Crippen LogP contribution in [0.25, 0.3) is 0 Å². The lowest BCUT2D eigenvalue weighted by Crippen LogP contribution is -2.28. The van der Waals surface area contributed by atoms with Gasteiger partial charge in [-0.15, -0.1) is 0 Å². The smallest absolute Gasteiger partial charge is 0.223 e. The van der Waals surface area contributed by atoms with Crippen LogP contribution < -0.4 is 4.90 Å². The molecule has 0 bridgehead atoms. The molecule has 0 saturated heterocycles. The van der Waals surface area contributed by atoms with E-state index in [0.29, 0.717) is 17.8 Å². The van der Waals surface area contributed by atoms with Gasteiger partial charge in [0, 0.05) is 13.5 Å². The SMILES string of the molecule is CCN(C(C)=O)c1ccccc1C#N. The summed E-state index contributed by atoms with van der Waals surface area (Å²) in [5.74, 6) is -0.0461. The number of nitrogens with zero attached hydrogens (tertiary/aromatic N) is 2. The number of benzene rings is 1. The van der Waals surface area contributed by atoms with Crippen molar-refractivity contribution in [3.05, 3.63) is 29.8 Å². The number of anilines is 1. The minimum Gasteiger partial charge on any atom is -0.312 e. The molecule has 72 valence electrons. The van der Waals surface area contributed by atoms with Gasteiger partial charge >= 0.3 is 0 Å². The van der Waals surface area contributed by atoms with Crippen LogP contribution in [0, 0.1) is 11.3 Å². The fraction of sp³-hybridized carbons (Fsp3) is 0.273. The van der Waals surface area contributed by atoms with Gasteiger partial charge in [-0.2, -0.15) is 5.26 Å². The average Bonchev–Trinajstić information content (AvgIpc) is 2.19. The zero-order valence-corrected chi connectivity index (χ0v) is 8.32. The van der Waals surface area contributed by atoms with Crippen LogP contribution >= 0.6 is 0 Å². The van der Waals surface area contributed by atoms with Crippen LogP contribution in [0.3, 0.4) is 0 Å². The van der Waals surface area contributed by atoms with Crippen LogP contribution in [-0.2, 0) is 4.79 Å². The number of carbonyl (C=O) groups excluding carboxylic acids is 1. The van der Waals surface area contributed by atoms with Gasteiger partial charge in [0.2, 0.25) is 5.91 Å². The predicted octanol–water partition coefficient (Wildman–Crippen LogP) is 1.93. The monoisotopic (exact) mass is 188 g/mol. The van der Waals surface area contributed by atoms with Crippen molar-refractivity contribution in [2.75, 3.05) is 11.4 Å². The van der Waals surface area contributed by atoms with Gasteiger partial charge in [0.1, 0.15) is 6.07 Å². The highest BCUT2D eigenvalue weighted by atomic mass is 16.2. The van der Waals surface area contributed by atoms with E-state index in [4.69, 9.17) is 5.26 Å². The fourth-order valence-electron chi connectivity index (χ4n) is 1.37. The Bertz CT molecular complexity index is 379. The molecule has 0 atom stereocenters. The summed E-state index contributed by atoms with van der Waals surface area (Å²) in [6, 6.07) is 9.17. The maximum absolute atomic E-state index is 11.3. The Hall–Kier alpha value is -1.82. The van der Waals surface area contributed by atoms with Crippen molar-refractivity contribution in [2.24, 2.45) is 0 Å². The number of para-hydroxylation sites is 1. The lowest BCUT2D eigenvalue weighted by atomic mass is 10.1. The second-order valence-corrected chi connectivity index (χ2v) is 2.89. The molecule has 1 aromatic carbocycles. The maximum atomic E-state index is 11.3. The van der Waals surface area contributed by atoms with Crippen molar-refractivity contribution in [3.8, 4) is 6.07 Å². The maximum Gasteiger partial charge on any atom is 0.223 e. The van der Waals surface area contributed by atoms with Gasteiger partial charge in [-0.25, -0.2) is 0 Å². The van der Waals surface area contributed by atoms with Gasteiger partial charge < -0.3 is 4.90 Å². The van der Waals surface area contributed by atoms with Crippen LogP contribution in [0.15, 0.2) is 24.3 Å². The van der Waals surface area contributed by atoms with Crippen molar-refractivity contribution in [1.29, 1.82) is 5.26 Å². The van der Waals surface area contributed by atoms with E-state index in [0.717, 1.165) is 0 Å². The topological polar surface area (TPSA) is 44.1 Å². The summed E-state index contributed by atoms with van der Waals surface area (Å²) in [6.45, 7) is 3.96.